The molecule has 0 bridgehead atoms. The first-order valence-electron chi connectivity index (χ1n) is 9.93. The number of anilines is 2. The van der Waals surface area contributed by atoms with Gasteiger partial charge in [-0.05, 0) is 37.1 Å². The van der Waals surface area contributed by atoms with E-state index in [0.29, 0.717) is 22.9 Å². The van der Waals surface area contributed by atoms with Crippen molar-refractivity contribution in [3.05, 3.63) is 71.4 Å². The Bertz CT molecular complexity index is 1140. The number of aliphatic hydroxyl groups is 1. The number of carbonyl (C=O) groups is 1. The quantitative estimate of drug-likeness (QED) is 0.628. The molecule has 1 aliphatic rings. The molecule has 32 heavy (non-hydrogen) atoms. The highest BCUT2D eigenvalue weighted by Crippen LogP contribution is 2.32. The van der Waals surface area contributed by atoms with Crippen molar-refractivity contribution < 1.29 is 23.1 Å². The number of aromatic nitrogens is 2. The molecule has 0 unspecified atom stereocenters. The van der Waals surface area contributed by atoms with Gasteiger partial charge in [0, 0.05) is 5.56 Å². The molecule has 6 nitrogen and oxygen atoms in total. The predicted octanol–water partition coefficient (Wildman–Crippen LogP) is 4.35. The average molecular weight is 442 g/mol. The highest BCUT2D eigenvalue weighted by atomic mass is 19.4. The van der Waals surface area contributed by atoms with Gasteiger partial charge in [-0.15, -0.1) is 0 Å². The van der Waals surface area contributed by atoms with Gasteiger partial charge in [0.25, 0.3) is 0 Å². The zero-order valence-corrected chi connectivity index (χ0v) is 17.4. The maximum Gasteiger partial charge on any atom is 0.416 e. The van der Waals surface area contributed by atoms with Gasteiger partial charge in [0.1, 0.15) is 0 Å². The van der Waals surface area contributed by atoms with Crippen molar-refractivity contribution in [3.63, 3.8) is 0 Å². The molecule has 0 spiro atoms. The molecule has 2 N–H and O–H groups in total. The topological polar surface area (TPSA) is 78.4 Å². The zero-order valence-electron chi connectivity index (χ0n) is 17.4. The number of amides is 1. The van der Waals surface area contributed by atoms with Gasteiger partial charge in [0.2, 0.25) is 5.91 Å². The van der Waals surface area contributed by atoms with Gasteiger partial charge in [0.15, 0.2) is 11.6 Å². The van der Waals surface area contributed by atoms with E-state index in [9.17, 15) is 23.1 Å². The number of hydrogen-bond acceptors (Lipinski definition) is 5. The Balaban J connectivity index is 1.64. The Morgan fingerprint density at radius 3 is 2.25 bits per heavy atom. The van der Waals surface area contributed by atoms with E-state index in [4.69, 9.17) is 0 Å². The van der Waals surface area contributed by atoms with Crippen molar-refractivity contribution in [2.24, 2.45) is 0 Å². The Hall–Kier alpha value is -3.46. The summed E-state index contributed by atoms with van der Waals surface area (Å²) in [5.74, 6) is 0.472. The summed E-state index contributed by atoms with van der Waals surface area (Å²) in [4.78, 5) is 23.0. The molecule has 1 aliphatic heterocycles. The van der Waals surface area contributed by atoms with Crippen molar-refractivity contribution in [2.75, 3.05) is 16.8 Å². The first-order valence-corrected chi connectivity index (χ1v) is 9.93. The summed E-state index contributed by atoms with van der Waals surface area (Å²) in [6.45, 7) is 3.47. The molecule has 0 fully saturated rings. The van der Waals surface area contributed by atoms with Crippen LogP contribution in [-0.2, 0) is 23.1 Å². The third-order valence-electron chi connectivity index (χ3n) is 5.23. The molecule has 1 amide bonds. The second-order valence-corrected chi connectivity index (χ2v) is 8.09. The number of carbonyl (C=O) groups excluding carboxylic acids is 1. The Morgan fingerprint density at radius 2 is 1.66 bits per heavy atom. The summed E-state index contributed by atoms with van der Waals surface area (Å²) in [5.41, 5.74) is 0.842. The monoisotopic (exact) mass is 442 g/mol. The van der Waals surface area contributed by atoms with Gasteiger partial charge in [-0.2, -0.15) is 13.2 Å². The molecule has 4 rings (SSSR count). The molecule has 166 valence electrons. The van der Waals surface area contributed by atoms with E-state index in [1.807, 2.05) is 12.1 Å². The molecule has 3 aromatic rings. The number of nitrogens with zero attached hydrogens (tertiary/aromatic N) is 3. The van der Waals surface area contributed by atoms with E-state index in [0.717, 1.165) is 23.3 Å². The maximum absolute atomic E-state index is 12.8. The fourth-order valence-electron chi connectivity index (χ4n) is 3.40. The SMILES string of the molecule is CC(C)(O)c1ccc(-c2cnc3c(n2)N(Cc2ccc(C(F)(F)F)cc2)C(=O)CN3)cc1. The van der Waals surface area contributed by atoms with Crippen LogP contribution in [0, 0.1) is 0 Å². The largest absolute Gasteiger partial charge is 0.416 e. The van der Waals surface area contributed by atoms with Crippen LogP contribution in [-0.4, -0.2) is 27.5 Å². The van der Waals surface area contributed by atoms with Crippen molar-refractivity contribution in [1.29, 1.82) is 0 Å². The third kappa shape index (κ3) is 4.43. The number of nitrogens with one attached hydrogen (secondary N) is 1. The fourth-order valence-corrected chi connectivity index (χ4v) is 3.40. The van der Waals surface area contributed by atoms with E-state index in [2.05, 4.69) is 15.3 Å². The van der Waals surface area contributed by atoms with Crippen LogP contribution < -0.4 is 10.2 Å². The third-order valence-corrected chi connectivity index (χ3v) is 5.23. The minimum absolute atomic E-state index is 0.0158. The molecule has 1 aromatic heterocycles. The predicted molar refractivity (Wildman–Crippen MR) is 114 cm³/mol. The molecule has 0 aliphatic carbocycles. The minimum Gasteiger partial charge on any atom is -0.386 e. The molecule has 0 radical (unpaired) electrons. The van der Waals surface area contributed by atoms with Gasteiger partial charge in [-0.25, -0.2) is 9.97 Å². The lowest BCUT2D eigenvalue weighted by molar-refractivity contribution is -0.137. The zero-order chi connectivity index (χ0) is 23.1. The Kier molecular flexibility index (Phi) is 5.37. The van der Waals surface area contributed by atoms with Crippen LogP contribution in [0.4, 0.5) is 24.8 Å². The maximum atomic E-state index is 12.8. The number of rotatable bonds is 4. The van der Waals surface area contributed by atoms with Crippen molar-refractivity contribution in [3.8, 4) is 11.3 Å². The van der Waals surface area contributed by atoms with Crippen LogP contribution >= 0.6 is 0 Å². The fraction of sp³-hybridized carbons (Fsp3) is 0.261. The number of fused-ring (bicyclic) bond motifs is 1. The minimum atomic E-state index is -4.42. The summed E-state index contributed by atoms with van der Waals surface area (Å²) in [5, 5.41) is 13.0. The second-order valence-electron chi connectivity index (χ2n) is 8.09. The normalized spacial score (nSPS) is 14.2. The second kappa shape index (κ2) is 7.90. The van der Waals surface area contributed by atoms with Crippen LogP contribution in [0.1, 0.15) is 30.5 Å². The lowest BCUT2D eigenvalue weighted by Gasteiger charge is -2.28. The summed E-state index contributed by atoms with van der Waals surface area (Å²) in [7, 11) is 0. The van der Waals surface area contributed by atoms with Gasteiger partial charge in [-0.1, -0.05) is 36.4 Å². The highest BCUT2D eigenvalue weighted by molar-refractivity contribution is 6.00. The van der Waals surface area contributed by atoms with Crippen molar-refractivity contribution in [2.45, 2.75) is 32.2 Å². The number of hydrogen-bond donors (Lipinski definition) is 2. The Morgan fingerprint density at radius 1 is 1.03 bits per heavy atom. The highest BCUT2D eigenvalue weighted by Gasteiger charge is 2.31. The average Bonchev–Trinajstić information content (AvgIpc) is 2.75. The summed E-state index contributed by atoms with van der Waals surface area (Å²) in [6.07, 6.45) is -2.84. The van der Waals surface area contributed by atoms with Crippen LogP contribution in [0.25, 0.3) is 11.3 Å². The van der Waals surface area contributed by atoms with Gasteiger partial charge >= 0.3 is 6.18 Å². The van der Waals surface area contributed by atoms with E-state index >= 15 is 0 Å². The number of halogens is 3. The molecule has 0 atom stereocenters. The smallest absolute Gasteiger partial charge is 0.386 e. The van der Waals surface area contributed by atoms with Gasteiger partial charge in [-0.3, -0.25) is 9.69 Å². The first kappa shape index (κ1) is 21.8. The number of alkyl halides is 3. The molecule has 0 saturated heterocycles. The van der Waals surface area contributed by atoms with E-state index in [1.54, 1.807) is 32.2 Å². The molecule has 0 saturated carbocycles. The van der Waals surface area contributed by atoms with Gasteiger partial charge in [0.05, 0.1) is 36.1 Å². The summed E-state index contributed by atoms with van der Waals surface area (Å²) < 4.78 is 38.5. The van der Waals surface area contributed by atoms with Crippen molar-refractivity contribution in [1.82, 2.24) is 9.97 Å². The standard InChI is InChI=1S/C23H21F3N4O2/c1-22(2,32)16-9-5-15(6-10-16)18-11-27-20-21(29-18)30(19(31)12-28-20)13-14-3-7-17(8-4-14)23(24,25)26/h3-11,32H,12-13H2,1-2H3,(H,27,28). The summed E-state index contributed by atoms with van der Waals surface area (Å²) >= 11 is 0. The van der Waals surface area contributed by atoms with Crippen molar-refractivity contribution >= 4 is 17.5 Å². The lowest BCUT2D eigenvalue weighted by atomic mass is 9.97. The van der Waals surface area contributed by atoms with Crippen LogP contribution in [0.15, 0.2) is 54.7 Å². The molecule has 9 heteroatoms. The van der Waals surface area contributed by atoms with E-state index < -0.39 is 17.3 Å². The lowest BCUT2D eigenvalue weighted by Crippen LogP contribution is -2.40. The molecule has 2 heterocycles. The van der Waals surface area contributed by atoms with E-state index in [-0.39, 0.29) is 19.0 Å². The first-order chi connectivity index (χ1) is 15.0. The molecule has 2 aromatic carbocycles. The van der Waals surface area contributed by atoms with Crippen LogP contribution in [0.2, 0.25) is 0 Å². The molecular formula is C23H21F3N4O2. The van der Waals surface area contributed by atoms with Crippen LogP contribution in [0.3, 0.4) is 0 Å². The van der Waals surface area contributed by atoms with Gasteiger partial charge < -0.3 is 10.4 Å². The number of benzene rings is 2. The van der Waals surface area contributed by atoms with Crippen LogP contribution in [0.5, 0.6) is 0 Å². The van der Waals surface area contributed by atoms with E-state index in [1.165, 1.54) is 17.0 Å². The summed E-state index contributed by atoms with van der Waals surface area (Å²) in [6, 6.07) is 11.9. The molecular weight excluding hydrogens is 421 g/mol. The Labute approximate surface area is 182 Å².